The van der Waals surface area contributed by atoms with Gasteiger partial charge in [-0.15, -0.1) is 11.8 Å². The zero-order valence-electron chi connectivity index (χ0n) is 10.8. The number of hydrogen-bond acceptors (Lipinski definition) is 3. The Morgan fingerprint density at radius 3 is 2.76 bits per heavy atom. The van der Waals surface area contributed by atoms with Crippen LogP contribution in [-0.4, -0.2) is 43.4 Å². The number of hydrogen-bond donors (Lipinski definition) is 1. The van der Waals surface area contributed by atoms with Gasteiger partial charge in [0.2, 0.25) is 0 Å². The summed E-state index contributed by atoms with van der Waals surface area (Å²) in [5.74, 6) is 1.16. The third-order valence-electron chi connectivity index (χ3n) is 3.24. The summed E-state index contributed by atoms with van der Waals surface area (Å²) < 4.78 is 0. The van der Waals surface area contributed by atoms with Gasteiger partial charge >= 0.3 is 0 Å². The first-order valence-corrected chi connectivity index (χ1v) is 7.40. The number of benzene rings is 1. The Morgan fingerprint density at radius 2 is 2.12 bits per heavy atom. The van der Waals surface area contributed by atoms with Gasteiger partial charge in [0.25, 0.3) is 0 Å². The van der Waals surface area contributed by atoms with E-state index in [4.69, 9.17) is 0 Å². The summed E-state index contributed by atoms with van der Waals surface area (Å²) in [6, 6.07) is 9.60. The topological polar surface area (TPSA) is 15.3 Å². The van der Waals surface area contributed by atoms with E-state index in [1.54, 1.807) is 0 Å². The van der Waals surface area contributed by atoms with E-state index in [2.05, 4.69) is 48.5 Å². The lowest BCUT2D eigenvalue weighted by molar-refractivity contribution is 0.250. The number of likely N-dealkylation sites (N-methyl/N-ethyl adjacent to an activating group) is 1. The highest BCUT2D eigenvalue weighted by molar-refractivity contribution is 7.99. The van der Waals surface area contributed by atoms with Crippen LogP contribution in [0.1, 0.15) is 12.5 Å². The molecule has 0 aliphatic carbocycles. The smallest absolute Gasteiger partial charge is 0.0289 e. The van der Waals surface area contributed by atoms with Crippen molar-refractivity contribution in [3.05, 3.63) is 29.8 Å². The largest absolute Gasteiger partial charge is 0.311 e. The number of rotatable bonds is 4. The van der Waals surface area contributed by atoms with E-state index in [-0.39, 0.29) is 0 Å². The second kappa shape index (κ2) is 6.43. The van der Waals surface area contributed by atoms with Crippen LogP contribution in [-0.2, 0) is 6.42 Å². The van der Waals surface area contributed by atoms with Crippen LogP contribution < -0.4 is 5.32 Å². The van der Waals surface area contributed by atoms with Crippen molar-refractivity contribution in [2.75, 3.05) is 32.4 Å². The highest BCUT2D eigenvalue weighted by atomic mass is 32.2. The molecule has 1 atom stereocenters. The Kier molecular flexibility index (Phi) is 4.89. The van der Waals surface area contributed by atoms with Crippen LogP contribution in [0.4, 0.5) is 0 Å². The molecule has 1 aliphatic heterocycles. The fourth-order valence-corrected chi connectivity index (χ4v) is 3.07. The maximum absolute atomic E-state index is 3.58. The van der Waals surface area contributed by atoms with Crippen LogP contribution in [0.15, 0.2) is 29.2 Å². The van der Waals surface area contributed by atoms with E-state index in [9.17, 15) is 0 Å². The first kappa shape index (κ1) is 12.9. The standard InChI is InChI=1S/C14H22N2S/c1-3-12-4-6-14(7-5-12)17-11-13-10-16(2)9-8-15-13/h4-7,13,15H,3,8-11H2,1-2H3. The Balaban J connectivity index is 1.80. The molecule has 0 spiro atoms. The van der Waals surface area contributed by atoms with Gasteiger partial charge < -0.3 is 10.2 Å². The lowest BCUT2D eigenvalue weighted by Crippen LogP contribution is -2.50. The second-order valence-corrected chi connectivity index (χ2v) is 5.82. The average Bonchev–Trinajstić information content (AvgIpc) is 2.37. The lowest BCUT2D eigenvalue weighted by Gasteiger charge is -2.30. The Morgan fingerprint density at radius 1 is 1.35 bits per heavy atom. The van der Waals surface area contributed by atoms with Gasteiger partial charge in [-0.25, -0.2) is 0 Å². The molecule has 1 N–H and O–H groups in total. The molecule has 0 radical (unpaired) electrons. The van der Waals surface area contributed by atoms with Gasteiger partial charge in [-0.3, -0.25) is 0 Å². The third kappa shape index (κ3) is 4.02. The number of piperazine rings is 1. The summed E-state index contributed by atoms with van der Waals surface area (Å²) in [4.78, 5) is 3.79. The Hall–Kier alpha value is -0.510. The van der Waals surface area contributed by atoms with Gasteiger partial charge in [-0.05, 0) is 31.2 Å². The van der Waals surface area contributed by atoms with Crippen molar-refractivity contribution in [1.82, 2.24) is 10.2 Å². The molecule has 0 bridgehead atoms. The van der Waals surface area contributed by atoms with Gasteiger partial charge in [0.05, 0.1) is 0 Å². The Labute approximate surface area is 109 Å². The fraction of sp³-hybridized carbons (Fsp3) is 0.571. The molecule has 3 heteroatoms. The third-order valence-corrected chi connectivity index (χ3v) is 4.42. The van der Waals surface area contributed by atoms with Gasteiger partial charge in [-0.1, -0.05) is 19.1 Å². The maximum Gasteiger partial charge on any atom is 0.0289 e. The summed E-state index contributed by atoms with van der Waals surface area (Å²) >= 11 is 1.96. The first-order chi connectivity index (χ1) is 8.28. The molecule has 0 amide bonds. The molecule has 1 aliphatic rings. The minimum atomic E-state index is 0.629. The van der Waals surface area contributed by atoms with Crippen molar-refractivity contribution in [2.45, 2.75) is 24.3 Å². The van der Waals surface area contributed by atoms with Crippen molar-refractivity contribution in [1.29, 1.82) is 0 Å². The van der Waals surface area contributed by atoms with Crippen LogP contribution in [0.2, 0.25) is 0 Å². The molecule has 1 heterocycles. The molecule has 1 aromatic carbocycles. The van der Waals surface area contributed by atoms with Crippen LogP contribution in [0, 0.1) is 0 Å². The summed E-state index contributed by atoms with van der Waals surface area (Å²) in [5, 5.41) is 3.58. The molecule has 1 saturated heterocycles. The van der Waals surface area contributed by atoms with E-state index in [0.29, 0.717) is 6.04 Å². The normalized spacial score (nSPS) is 21.6. The highest BCUT2D eigenvalue weighted by Crippen LogP contribution is 2.20. The van der Waals surface area contributed by atoms with E-state index >= 15 is 0 Å². The molecule has 1 fully saturated rings. The predicted molar refractivity (Wildman–Crippen MR) is 75.8 cm³/mol. The monoisotopic (exact) mass is 250 g/mol. The predicted octanol–water partition coefficient (Wildman–Crippen LogP) is 2.24. The van der Waals surface area contributed by atoms with Crippen molar-refractivity contribution < 1.29 is 0 Å². The van der Waals surface area contributed by atoms with Crippen molar-refractivity contribution in [3.63, 3.8) is 0 Å². The summed E-state index contributed by atoms with van der Waals surface area (Å²) in [5.41, 5.74) is 1.42. The average molecular weight is 250 g/mol. The van der Waals surface area contributed by atoms with Crippen LogP contribution in [0.25, 0.3) is 0 Å². The zero-order valence-corrected chi connectivity index (χ0v) is 11.6. The molecular weight excluding hydrogens is 228 g/mol. The van der Waals surface area contributed by atoms with Crippen molar-refractivity contribution >= 4 is 11.8 Å². The van der Waals surface area contributed by atoms with Crippen LogP contribution in [0.3, 0.4) is 0 Å². The summed E-state index contributed by atoms with van der Waals surface area (Å²) in [6.07, 6.45) is 1.12. The second-order valence-electron chi connectivity index (χ2n) is 4.72. The SMILES string of the molecule is CCc1ccc(SCC2CN(C)CCN2)cc1. The minimum absolute atomic E-state index is 0.629. The van der Waals surface area contributed by atoms with Crippen molar-refractivity contribution in [3.8, 4) is 0 Å². The highest BCUT2D eigenvalue weighted by Gasteiger charge is 2.16. The molecular formula is C14H22N2S. The van der Waals surface area contributed by atoms with Gasteiger partial charge in [0, 0.05) is 36.3 Å². The Bertz CT molecular complexity index is 337. The molecule has 2 rings (SSSR count). The molecule has 1 unspecified atom stereocenters. The maximum atomic E-state index is 3.58. The van der Waals surface area contributed by atoms with Gasteiger partial charge in [-0.2, -0.15) is 0 Å². The van der Waals surface area contributed by atoms with Crippen LogP contribution >= 0.6 is 11.8 Å². The number of nitrogens with one attached hydrogen (secondary N) is 1. The molecule has 0 aromatic heterocycles. The van der Waals surface area contributed by atoms with E-state index in [0.717, 1.165) is 18.7 Å². The fourth-order valence-electron chi connectivity index (χ4n) is 2.12. The molecule has 2 nitrogen and oxygen atoms in total. The van der Waals surface area contributed by atoms with E-state index < -0.39 is 0 Å². The van der Waals surface area contributed by atoms with Crippen LogP contribution in [0.5, 0.6) is 0 Å². The molecule has 0 saturated carbocycles. The van der Waals surface area contributed by atoms with Gasteiger partial charge in [0.15, 0.2) is 0 Å². The molecule has 1 aromatic rings. The minimum Gasteiger partial charge on any atom is -0.311 e. The van der Waals surface area contributed by atoms with Gasteiger partial charge in [0.1, 0.15) is 0 Å². The first-order valence-electron chi connectivity index (χ1n) is 6.41. The summed E-state index contributed by atoms with van der Waals surface area (Å²) in [7, 11) is 2.20. The van der Waals surface area contributed by atoms with Crippen molar-refractivity contribution in [2.24, 2.45) is 0 Å². The number of aryl methyl sites for hydroxylation is 1. The zero-order chi connectivity index (χ0) is 12.1. The quantitative estimate of drug-likeness (QED) is 0.825. The lowest BCUT2D eigenvalue weighted by atomic mass is 10.2. The van der Waals surface area contributed by atoms with E-state index in [1.165, 1.54) is 23.5 Å². The summed E-state index contributed by atoms with van der Waals surface area (Å²) in [6.45, 7) is 5.66. The van der Waals surface area contributed by atoms with E-state index in [1.807, 2.05) is 11.8 Å². The number of thioether (sulfide) groups is 1. The molecule has 94 valence electrons. The number of nitrogens with zero attached hydrogens (tertiary/aromatic N) is 1. The molecule has 17 heavy (non-hydrogen) atoms.